The summed E-state index contributed by atoms with van der Waals surface area (Å²) in [7, 11) is 3.56. The smallest absolute Gasteiger partial charge is 0.322 e. The van der Waals surface area contributed by atoms with Crippen LogP contribution in [0.25, 0.3) is 0 Å². The molecule has 0 saturated heterocycles. The van der Waals surface area contributed by atoms with Crippen molar-refractivity contribution in [2.24, 2.45) is 7.05 Å². The van der Waals surface area contributed by atoms with Crippen molar-refractivity contribution in [1.82, 2.24) is 14.4 Å². The lowest BCUT2D eigenvalue weighted by atomic mass is 10.2. The summed E-state index contributed by atoms with van der Waals surface area (Å²) in [6.07, 6.45) is 2.70. The minimum Gasteiger partial charge on any atom is -0.383 e. The van der Waals surface area contributed by atoms with Gasteiger partial charge in [-0.3, -0.25) is 4.79 Å². The number of urea groups is 1. The fourth-order valence-corrected chi connectivity index (χ4v) is 3.24. The number of ether oxygens (including phenoxy) is 1. The van der Waals surface area contributed by atoms with Crippen LogP contribution in [-0.4, -0.2) is 59.2 Å². The number of anilines is 1. The molecular weight excluding hydrogens is 448 g/mol. The summed E-state index contributed by atoms with van der Waals surface area (Å²) in [5.74, 6) is -0.112. The monoisotopic (exact) mass is 478 g/mol. The topological polar surface area (TPSA) is 66.8 Å². The highest BCUT2D eigenvalue weighted by Gasteiger charge is 2.25. The van der Waals surface area contributed by atoms with Crippen LogP contribution in [0.2, 0.25) is 0 Å². The van der Waals surface area contributed by atoms with E-state index in [4.69, 9.17) is 4.74 Å². The molecule has 0 aliphatic rings. The van der Waals surface area contributed by atoms with Crippen LogP contribution >= 0.6 is 15.9 Å². The SMILES string of the molecule is CCC(C)N(CC(=O)N(CCOC)Cc1cccn1C)C(=O)Nc1ccc(Br)cc1. The van der Waals surface area contributed by atoms with Crippen molar-refractivity contribution in [3.05, 3.63) is 52.8 Å². The van der Waals surface area contributed by atoms with Crippen LogP contribution in [0.1, 0.15) is 26.0 Å². The van der Waals surface area contributed by atoms with Gasteiger partial charge in [0, 0.05) is 48.8 Å². The van der Waals surface area contributed by atoms with E-state index in [0.717, 1.165) is 16.6 Å². The number of nitrogens with zero attached hydrogens (tertiary/aromatic N) is 3. The predicted octanol–water partition coefficient (Wildman–Crippen LogP) is 4.10. The van der Waals surface area contributed by atoms with Gasteiger partial charge in [-0.15, -0.1) is 0 Å². The Morgan fingerprint density at radius 1 is 1.23 bits per heavy atom. The van der Waals surface area contributed by atoms with E-state index in [1.54, 1.807) is 16.9 Å². The first-order valence-electron chi connectivity index (χ1n) is 10.1. The second kappa shape index (κ2) is 11.8. The van der Waals surface area contributed by atoms with Gasteiger partial charge in [0.1, 0.15) is 6.54 Å². The van der Waals surface area contributed by atoms with Crippen LogP contribution in [0.3, 0.4) is 0 Å². The maximum Gasteiger partial charge on any atom is 0.322 e. The van der Waals surface area contributed by atoms with Crippen molar-refractivity contribution < 1.29 is 14.3 Å². The first kappa shape index (κ1) is 24.0. The maximum absolute atomic E-state index is 13.2. The number of methoxy groups -OCH3 is 1. The molecule has 2 rings (SSSR count). The summed E-state index contributed by atoms with van der Waals surface area (Å²) >= 11 is 3.39. The Bertz CT molecular complexity index is 822. The Balaban J connectivity index is 2.12. The third-order valence-electron chi connectivity index (χ3n) is 5.11. The van der Waals surface area contributed by atoms with Crippen molar-refractivity contribution >= 4 is 33.6 Å². The van der Waals surface area contributed by atoms with E-state index in [1.807, 2.05) is 68.1 Å². The second-order valence-electron chi connectivity index (χ2n) is 7.24. The van der Waals surface area contributed by atoms with Gasteiger partial charge in [0.2, 0.25) is 5.91 Å². The molecule has 1 N–H and O–H groups in total. The number of hydrogen-bond donors (Lipinski definition) is 1. The van der Waals surface area contributed by atoms with E-state index in [2.05, 4.69) is 21.2 Å². The Hall–Kier alpha value is -2.32. The first-order valence-corrected chi connectivity index (χ1v) is 10.8. The van der Waals surface area contributed by atoms with Gasteiger partial charge in [-0.25, -0.2) is 4.79 Å². The molecule has 164 valence electrons. The minimum atomic E-state index is -0.286. The third-order valence-corrected chi connectivity index (χ3v) is 5.64. The zero-order valence-electron chi connectivity index (χ0n) is 18.1. The molecular formula is C22H31BrN4O3. The Morgan fingerprint density at radius 3 is 2.50 bits per heavy atom. The molecule has 0 spiro atoms. The maximum atomic E-state index is 13.2. The Kier molecular flexibility index (Phi) is 9.39. The highest BCUT2D eigenvalue weighted by molar-refractivity contribution is 9.10. The number of halogens is 1. The van der Waals surface area contributed by atoms with Gasteiger partial charge in [-0.05, 0) is 49.7 Å². The molecule has 0 bridgehead atoms. The lowest BCUT2D eigenvalue weighted by molar-refractivity contribution is -0.133. The van der Waals surface area contributed by atoms with Gasteiger partial charge in [-0.2, -0.15) is 0 Å². The largest absolute Gasteiger partial charge is 0.383 e. The molecule has 0 aliphatic heterocycles. The Morgan fingerprint density at radius 2 is 1.93 bits per heavy atom. The van der Waals surface area contributed by atoms with Crippen molar-refractivity contribution in [1.29, 1.82) is 0 Å². The standard InChI is InChI=1S/C22H31BrN4O3/c1-5-17(2)27(22(29)24-19-10-8-18(23)9-11-19)16-21(28)26(13-14-30-4)15-20-7-6-12-25(20)3/h6-12,17H,5,13-16H2,1-4H3,(H,24,29). The lowest BCUT2D eigenvalue weighted by Crippen LogP contribution is -2.48. The molecule has 0 fully saturated rings. The highest BCUT2D eigenvalue weighted by atomic mass is 79.9. The van der Waals surface area contributed by atoms with Crippen LogP contribution in [0.4, 0.5) is 10.5 Å². The highest BCUT2D eigenvalue weighted by Crippen LogP contribution is 2.16. The summed E-state index contributed by atoms with van der Waals surface area (Å²) < 4.78 is 8.10. The van der Waals surface area contributed by atoms with E-state index in [1.165, 1.54) is 0 Å². The van der Waals surface area contributed by atoms with Gasteiger partial charge in [0.25, 0.3) is 0 Å². The van der Waals surface area contributed by atoms with Gasteiger partial charge in [-0.1, -0.05) is 22.9 Å². The van der Waals surface area contributed by atoms with Gasteiger partial charge in [0.05, 0.1) is 13.2 Å². The van der Waals surface area contributed by atoms with Crippen molar-refractivity contribution in [2.45, 2.75) is 32.9 Å². The molecule has 1 aromatic heterocycles. The molecule has 7 nitrogen and oxygen atoms in total. The lowest BCUT2D eigenvalue weighted by Gasteiger charge is -2.31. The zero-order chi connectivity index (χ0) is 22.1. The zero-order valence-corrected chi connectivity index (χ0v) is 19.7. The number of amides is 3. The Labute approximate surface area is 187 Å². The summed E-state index contributed by atoms with van der Waals surface area (Å²) in [4.78, 5) is 29.4. The predicted molar refractivity (Wildman–Crippen MR) is 122 cm³/mol. The molecule has 3 amide bonds. The molecule has 30 heavy (non-hydrogen) atoms. The molecule has 1 unspecified atom stereocenters. The number of aryl methyl sites for hydroxylation is 1. The van der Waals surface area contributed by atoms with E-state index < -0.39 is 0 Å². The fraction of sp³-hybridized carbons (Fsp3) is 0.455. The number of carbonyl (C=O) groups excluding carboxylic acids is 2. The summed E-state index contributed by atoms with van der Waals surface area (Å²) in [6.45, 7) is 5.32. The van der Waals surface area contributed by atoms with Crippen LogP contribution < -0.4 is 5.32 Å². The molecule has 0 saturated carbocycles. The molecule has 1 aromatic carbocycles. The molecule has 1 heterocycles. The van der Waals surface area contributed by atoms with Crippen LogP contribution in [0.5, 0.6) is 0 Å². The summed E-state index contributed by atoms with van der Waals surface area (Å²) in [6, 6.07) is 10.9. The van der Waals surface area contributed by atoms with Gasteiger partial charge < -0.3 is 24.4 Å². The normalized spacial score (nSPS) is 11.8. The van der Waals surface area contributed by atoms with E-state index in [9.17, 15) is 9.59 Å². The first-order chi connectivity index (χ1) is 14.3. The molecule has 8 heteroatoms. The van der Waals surface area contributed by atoms with Crippen molar-refractivity contribution in [3.63, 3.8) is 0 Å². The number of rotatable bonds is 10. The van der Waals surface area contributed by atoms with E-state index >= 15 is 0 Å². The number of hydrogen-bond acceptors (Lipinski definition) is 3. The second-order valence-corrected chi connectivity index (χ2v) is 8.16. The number of aromatic nitrogens is 1. The molecule has 0 aliphatic carbocycles. The van der Waals surface area contributed by atoms with Gasteiger partial charge >= 0.3 is 6.03 Å². The van der Waals surface area contributed by atoms with Crippen molar-refractivity contribution in [2.75, 3.05) is 32.1 Å². The number of benzene rings is 1. The van der Waals surface area contributed by atoms with E-state index in [-0.39, 0.29) is 24.5 Å². The van der Waals surface area contributed by atoms with Crippen LogP contribution in [-0.2, 0) is 23.1 Å². The minimum absolute atomic E-state index is 0.00546. The molecule has 0 radical (unpaired) electrons. The molecule has 1 atom stereocenters. The number of carbonyl (C=O) groups is 2. The molecule has 2 aromatic rings. The van der Waals surface area contributed by atoms with Crippen LogP contribution in [0, 0.1) is 0 Å². The average molecular weight is 479 g/mol. The summed E-state index contributed by atoms with van der Waals surface area (Å²) in [5, 5.41) is 2.89. The van der Waals surface area contributed by atoms with Crippen LogP contribution in [0.15, 0.2) is 47.1 Å². The number of nitrogens with one attached hydrogen (secondary N) is 1. The average Bonchev–Trinajstić information content (AvgIpc) is 3.14. The fourth-order valence-electron chi connectivity index (χ4n) is 2.97. The van der Waals surface area contributed by atoms with E-state index in [0.29, 0.717) is 25.4 Å². The third kappa shape index (κ3) is 6.88. The van der Waals surface area contributed by atoms with Crippen molar-refractivity contribution in [3.8, 4) is 0 Å². The summed E-state index contributed by atoms with van der Waals surface area (Å²) in [5.41, 5.74) is 1.71. The van der Waals surface area contributed by atoms with Gasteiger partial charge in [0.15, 0.2) is 0 Å². The quantitative estimate of drug-likeness (QED) is 0.558.